The average molecular weight is 632 g/mol. The third-order valence-corrected chi connectivity index (χ3v) is 10.8. The summed E-state index contributed by atoms with van der Waals surface area (Å²) < 4.78 is 62.0. The van der Waals surface area contributed by atoms with Gasteiger partial charge in [0.15, 0.2) is 0 Å². The van der Waals surface area contributed by atoms with E-state index in [1.54, 1.807) is 4.90 Å². The number of likely N-dealkylation sites (tertiary alicyclic amines) is 1. The third kappa shape index (κ3) is 7.94. The van der Waals surface area contributed by atoms with Crippen molar-refractivity contribution in [2.75, 3.05) is 72.6 Å². The van der Waals surface area contributed by atoms with E-state index in [4.69, 9.17) is 39.5 Å². The second-order valence-corrected chi connectivity index (χ2v) is 13.8. The minimum Gasteiger partial charge on any atom is -0.370 e. The van der Waals surface area contributed by atoms with Crippen molar-refractivity contribution in [1.29, 1.82) is 0 Å². The summed E-state index contributed by atoms with van der Waals surface area (Å²) >= 11 is 18.2. The number of amides is 1. The molecule has 3 heterocycles. The maximum absolute atomic E-state index is 14.3. The molecular formula is C25H35Cl3F2N4O4S. The molecule has 220 valence electrons. The molecule has 0 bridgehead atoms. The number of piperazine rings is 1. The van der Waals surface area contributed by atoms with Gasteiger partial charge in [-0.1, -0.05) is 34.8 Å². The van der Waals surface area contributed by atoms with E-state index >= 15 is 0 Å². The number of nitrogens with zero attached hydrogens (tertiary/aromatic N) is 4. The van der Waals surface area contributed by atoms with Gasteiger partial charge in [0.25, 0.3) is 5.92 Å². The zero-order valence-corrected chi connectivity index (χ0v) is 25.0. The predicted molar refractivity (Wildman–Crippen MR) is 147 cm³/mol. The molecule has 1 aromatic rings. The summed E-state index contributed by atoms with van der Waals surface area (Å²) in [5.41, 5.74) is 0. The maximum atomic E-state index is 14.3. The smallest absolute Gasteiger partial charge is 0.251 e. The lowest BCUT2D eigenvalue weighted by atomic mass is 9.97. The summed E-state index contributed by atoms with van der Waals surface area (Å²) in [5, 5.41) is -0.251. The molecule has 0 aromatic heterocycles. The molecule has 0 radical (unpaired) electrons. The van der Waals surface area contributed by atoms with Crippen LogP contribution >= 0.6 is 34.8 Å². The van der Waals surface area contributed by atoms with Crippen LogP contribution in [0.25, 0.3) is 0 Å². The summed E-state index contributed by atoms with van der Waals surface area (Å²) in [5.74, 6) is -2.67. The van der Waals surface area contributed by atoms with Crippen LogP contribution in [-0.4, -0.2) is 118 Å². The minimum absolute atomic E-state index is 0.148. The number of hydrogen-bond donors (Lipinski definition) is 0. The van der Waals surface area contributed by atoms with Crippen LogP contribution in [0, 0.1) is 5.92 Å². The second kappa shape index (κ2) is 13.0. The topological polar surface area (TPSA) is 73.4 Å². The van der Waals surface area contributed by atoms with Crippen molar-refractivity contribution in [2.45, 2.75) is 42.5 Å². The summed E-state index contributed by atoms with van der Waals surface area (Å²) in [6, 6.07) is 1.27. The van der Waals surface area contributed by atoms with Crippen molar-refractivity contribution < 1.29 is 26.7 Å². The molecule has 3 aliphatic heterocycles. The Balaban J connectivity index is 1.32. The number of carbonyl (C=O) groups excluding carboxylic acids is 1. The maximum Gasteiger partial charge on any atom is 0.251 e. The molecule has 1 aromatic carbocycles. The molecule has 0 aliphatic carbocycles. The number of halogens is 5. The molecule has 0 N–H and O–H groups in total. The zero-order valence-electron chi connectivity index (χ0n) is 21.9. The molecule has 2 atom stereocenters. The highest BCUT2D eigenvalue weighted by Crippen LogP contribution is 2.39. The first kappa shape index (κ1) is 31.2. The molecule has 8 nitrogen and oxygen atoms in total. The number of rotatable bonds is 8. The van der Waals surface area contributed by atoms with E-state index in [9.17, 15) is 22.0 Å². The Morgan fingerprint density at radius 3 is 2.38 bits per heavy atom. The van der Waals surface area contributed by atoms with Gasteiger partial charge in [0.05, 0.1) is 22.7 Å². The highest BCUT2D eigenvalue weighted by atomic mass is 35.5. The molecule has 39 heavy (non-hydrogen) atoms. The average Bonchev–Trinajstić information content (AvgIpc) is 2.83. The Labute approximate surface area is 244 Å². The van der Waals surface area contributed by atoms with Crippen molar-refractivity contribution in [3.63, 3.8) is 0 Å². The van der Waals surface area contributed by atoms with Crippen molar-refractivity contribution in [1.82, 2.24) is 19.0 Å². The lowest BCUT2D eigenvalue weighted by Crippen LogP contribution is -2.53. The molecule has 3 fully saturated rings. The molecule has 4 rings (SSSR count). The van der Waals surface area contributed by atoms with Gasteiger partial charge in [-0.2, -0.15) is 4.31 Å². The van der Waals surface area contributed by atoms with Crippen LogP contribution < -0.4 is 0 Å². The van der Waals surface area contributed by atoms with Gasteiger partial charge in [0.2, 0.25) is 15.9 Å². The number of carbonyl (C=O) groups is 1. The van der Waals surface area contributed by atoms with Gasteiger partial charge in [0, 0.05) is 63.7 Å². The number of benzene rings is 1. The summed E-state index contributed by atoms with van der Waals surface area (Å²) in [6.45, 7) is 4.83. The second-order valence-electron chi connectivity index (χ2n) is 10.7. The fraction of sp³-hybridized carbons (Fsp3) is 0.720. The molecule has 14 heteroatoms. The molecule has 3 saturated heterocycles. The third-order valence-electron chi connectivity index (χ3n) is 7.67. The molecular weight excluding hydrogens is 597 g/mol. The van der Waals surface area contributed by atoms with Crippen LogP contribution in [-0.2, 0) is 19.6 Å². The molecule has 1 amide bonds. The van der Waals surface area contributed by atoms with Crippen molar-refractivity contribution in [3.8, 4) is 0 Å². The highest BCUT2D eigenvalue weighted by molar-refractivity contribution is 7.89. The largest absolute Gasteiger partial charge is 0.370 e. The molecule has 1 unspecified atom stereocenters. The lowest BCUT2D eigenvalue weighted by molar-refractivity contribution is -0.139. The van der Waals surface area contributed by atoms with E-state index in [0.29, 0.717) is 19.0 Å². The first-order chi connectivity index (χ1) is 18.4. The predicted octanol–water partition coefficient (Wildman–Crippen LogP) is 3.94. The number of sulfonamides is 1. The monoisotopic (exact) mass is 630 g/mol. The zero-order chi connectivity index (χ0) is 28.4. The highest BCUT2D eigenvalue weighted by Gasteiger charge is 2.46. The van der Waals surface area contributed by atoms with Gasteiger partial charge in [-0.3, -0.25) is 9.69 Å². The fourth-order valence-electron chi connectivity index (χ4n) is 5.70. The van der Waals surface area contributed by atoms with Crippen LogP contribution in [0.2, 0.25) is 15.1 Å². The van der Waals surface area contributed by atoms with E-state index in [1.807, 2.05) is 0 Å². The molecule has 3 aliphatic rings. The summed E-state index contributed by atoms with van der Waals surface area (Å²) in [6.07, 6.45) is 1.05. The van der Waals surface area contributed by atoms with Crippen LogP contribution in [0.4, 0.5) is 8.78 Å². The van der Waals surface area contributed by atoms with Crippen molar-refractivity contribution in [3.05, 3.63) is 27.2 Å². The van der Waals surface area contributed by atoms with Gasteiger partial charge in [-0.15, -0.1) is 0 Å². The molecule has 0 saturated carbocycles. The lowest BCUT2D eigenvalue weighted by Gasteiger charge is -2.39. The van der Waals surface area contributed by atoms with E-state index < -0.39 is 41.4 Å². The Bertz CT molecular complexity index is 1120. The van der Waals surface area contributed by atoms with E-state index in [1.165, 1.54) is 25.0 Å². The number of ether oxygens (including phenoxy) is 1. The van der Waals surface area contributed by atoms with Crippen molar-refractivity contribution >= 4 is 50.7 Å². The van der Waals surface area contributed by atoms with Gasteiger partial charge < -0.3 is 14.5 Å². The van der Waals surface area contributed by atoms with Crippen LogP contribution in [0.3, 0.4) is 0 Å². The van der Waals surface area contributed by atoms with Crippen LogP contribution in [0.15, 0.2) is 17.0 Å². The van der Waals surface area contributed by atoms with Crippen LogP contribution in [0.1, 0.15) is 25.7 Å². The quantitative estimate of drug-likeness (QED) is 0.433. The van der Waals surface area contributed by atoms with Crippen molar-refractivity contribution in [2.24, 2.45) is 5.92 Å². The fourth-order valence-corrected chi connectivity index (χ4v) is 8.80. The van der Waals surface area contributed by atoms with Gasteiger partial charge in [0.1, 0.15) is 11.5 Å². The van der Waals surface area contributed by atoms with Gasteiger partial charge >= 0.3 is 0 Å². The van der Waals surface area contributed by atoms with E-state index in [2.05, 4.69) is 16.8 Å². The first-order valence-electron chi connectivity index (χ1n) is 13.2. The number of piperidine rings is 2. The normalized spacial score (nSPS) is 25.6. The Kier molecular flexibility index (Phi) is 10.4. The van der Waals surface area contributed by atoms with Gasteiger partial charge in [-0.25, -0.2) is 17.2 Å². The Hall–Kier alpha value is -0.790. The Morgan fingerprint density at radius 2 is 1.74 bits per heavy atom. The SMILES string of the molecule is CN1CCCC(CN2CCN(C(=O)COC[C@@H]3CC(F)(F)CCN3S(=O)(=O)c3c(Cl)cc(Cl)cc3Cl)CC2)C1. The Morgan fingerprint density at radius 1 is 1.08 bits per heavy atom. The minimum atomic E-state index is -4.34. The van der Waals surface area contributed by atoms with Gasteiger partial charge in [-0.05, 0) is 44.5 Å². The summed E-state index contributed by atoms with van der Waals surface area (Å²) in [4.78, 5) is 18.8. The number of alkyl halides is 2. The standard InChI is InChI=1S/C25H35Cl3F2N4O4S/c1-31-5-2-3-18(14-31)15-32-7-9-33(10-8-32)23(35)17-38-16-20-13-25(29,30)4-6-34(20)39(36,37)24-21(27)11-19(26)12-22(24)28/h11-12,18,20H,2-10,13-17H2,1H3/t18?,20-/m0/s1. The van der Waals surface area contributed by atoms with E-state index in [0.717, 1.165) is 37.0 Å². The summed E-state index contributed by atoms with van der Waals surface area (Å²) in [7, 11) is -2.19. The molecule has 0 spiro atoms. The van der Waals surface area contributed by atoms with E-state index in [-0.39, 0.29) is 39.1 Å². The van der Waals surface area contributed by atoms with Crippen LogP contribution in [0.5, 0.6) is 0 Å². The first-order valence-corrected chi connectivity index (χ1v) is 15.7. The number of hydrogen-bond acceptors (Lipinski definition) is 6.